The molecule has 5 aromatic rings. The molecule has 0 amide bonds. The molecule has 0 bridgehead atoms. The Hall–Kier alpha value is -2.56. The van der Waals surface area contributed by atoms with Crippen LogP contribution in [0.15, 0.2) is 67.0 Å². The zero-order valence-electron chi connectivity index (χ0n) is 15.7. The lowest BCUT2D eigenvalue weighted by Gasteiger charge is -2.16. The average Bonchev–Trinajstić information content (AvgIpc) is 3.05. The van der Waals surface area contributed by atoms with Gasteiger partial charge >= 0.3 is 0 Å². The molecule has 0 atom stereocenters. The van der Waals surface area contributed by atoms with Crippen molar-refractivity contribution in [2.45, 2.75) is 19.6 Å². The molecule has 0 N–H and O–H groups in total. The van der Waals surface area contributed by atoms with Gasteiger partial charge in [-0.25, -0.2) is 9.97 Å². The molecule has 0 aliphatic carbocycles. The fourth-order valence-electron chi connectivity index (χ4n) is 3.58. The Bertz CT molecular complexity index is 1310. The van der Waals surface area contributed by atoms with Gasteiger partial charge in [0.05, 0.1) is 24.0 Å². The van der Waals surface area contributed by atoms with Gasteiger partial charge in [0.2, 0.25) is 0 Å². The Kier molecular flexibility index (Phi) is 3.67. The molecule has 2 heterocycles. The summed E-state index contributed by atoms with van der Waals surface area (Å²) < 4.78 is 2.49. The molecule has 0 aliphatic rings. The van der Waals surface area contributed by atoms with Crippen molar-refractivity contribution < 1.29 is 0 Å². The van der Waals surface area contributed by atoms with E-state index < -0.39 is 8.07 Å². The number of benzene rings is 3. The smallest absolute Gasteiger partial charge is 0.116 e. The minimum atomic E-state index is -1.34. The van der Waals surface area contributed by atoms with Gasteiger partial charge in [-0.15, -0.1) is 11.3 Å². The van der Waals surface area contributed by atoms with Gasteiger partial charge in [-0.1, -0.05) is 73.4 Å². The van der Waals surface area contributed by atoms with Gasteiger partial charge < -0.3 is 0 Å². The van der Waals surface area contributed by atoms with Crippen LogP contribution in [0.3, 0.4) is 0 Å². The standard InChI is InChI=1S/C23H20N2SSi/c1-27(2,3)18-10-11-19-20(13-18)26-23-21(24-14-25-22(19)23)17-9-8-15-6-4-5-7-16(15)12-17/h4-14H,1-3H3. The maximum absolute atomic E-state index is 4.66. The van der Waals surface area contributed by atoms with Gasteiger partial charge in [-0.05, 0) is 22.9 Å². The molecule has 0 fully saturated rings. The first-order valence-corrected chi connectivity index (χ1v) is 13.5. The molecule has 132 valence electrons. The third-order valence-electron chi connectivity index (χ3n) is 5.14. The Labute approximate surface area is 163 Å². The summed E-state index contributed by atoms with van der Waals surface area (Å²) in [5, 5.41) is 5.22. The summed E-state index contributed by atoms with van der Waals surface area (Å²) in [6.45, 7) is 7.17. The molecule has 2 nitrogen and oxygen atoms in total. The summed E-state index contributed by atoms with van der Waals surface area (Å²) in [5.41, 5.74) is 3.25. The fraction of sp³-hybridized carbons (Fsp3) is 0.130. The lowest BCUT2D eigenvalue weighted by molar-refractivity contribution is 1.24. The van der Waals surface area contributed by atoms with Crippen LogP contribution in [-0.2, 0) is 0 Å². The number of thiophene rings is 1. The van der Waals surface area contributed by atoms with Crippen molar-refractivity contribution >= 4 is 55.7 Å². The minimum Gasteiger partial charge on any atom is -0.235 e. The van der Waals surface area contributed by atoms with Crippen LogP contribution in [0.1, 0.15) is 0 Å². The van der Waals surface area contributed by atoms with Crippen LogP contribution in [0.25, 0.3) is 42.3 Å². The van der Waals surface area contributed by atoms with E-state index in [4.69, 9.17) is 0 Å². The zero-order chi connectivity index (χ0) is 18.6. The van der Waals surface area contributed by atoms with E-state index in [2.05, 4.69) is 90.3 Å². The van der Waals surface area contributed by atoms with Crippen molar-refractivity contribution in [1.29, 1.82) is 0 Å². The van der Waals surface area contributed by atoms with E-state index >= 15 is 0 Å². The van der Waals surface area contributed by atoms with Gasteiger partial charge in [-0.3, -0.25) is 0 Å². The predicted molar refractivity (Wildman–Crippen MR) is 121 cm³/mol. The van der Waals surface area contributed by atoms with Crippen LogP contribution in [0.5, 0.6) is 0 Å². The van der Waals surface area contributed by atoms with Crippen LogP contribution in [0.4, 0.5) is 0 Å². The van der Waals surface area contributed by atoms with E-state index in [1.807, 2.05) is 11.3 Å². The molecule has 5 rings (SSSR count). The fourth-order valence-corrected chi connectivity index (χ4v) is 6.06. The molecule has 4 heteroatoms. The molecular formula is C23H20N2SSi. The second-order valence-corrected chi connectivity index (χ2v) is 14.2. The van der Waals surface area contributed by atoms with Crippen LogP contribution >= 0.6 is 11.3 Å². The summed E-state index contributed by atoms with van der Waals surface area (Å²) in [5.74, 6) is 0. The first-order valence-electron chi connectivity index (χ1n) is 9.18. The number of fused-ring (bicyclic) bond motifs is 4. The van der Waals surface area contributed by atoms with Crippen molar-refractivity contribution in [3.05, 3.63) is 67.0 Å². The van der Waals surface area contributed by atoms with Crippen molar-refractivity contribution in [1.82, 2.24) is 9.97 Å². The zero-order valence-corrected chi connectivity index (χ0v) is 17.5. The predicted octanol–water partition coefficient (Wildman–Crippen LogP) is 6.21. The number of hydrogen-bond donors (Lipinski definition) is 0. The van der Waals surface area contributed by atoms with E-state index in [0.29, 0.717) is 0 Å². The first kappa shape index (κ1) is 16.6. The minimum absolute atomic E-state index is 1.03. The highest BCUT2D eigenvalue weighted by Crippen LogP contribution is 2.37. The van der Waals surface area contributed by atoms with Crippen LogP contribution in [0.2, 0.25) is 19.6 Å². The second-order valence-electron chi connectivity index (χ2n) is 8.02. The van der Waals surface area contributed by atoms with Crippen molar-refractivity contribution in [2.75, 3.05) is 0 Å². The highest BCUT2D eigenvalue weighted by atomic mass is 32.1. The lowest BCUT2D eigenvalue weighted by atomic mass is 10.0. The summed E-state index contributed by atoms with van der Waals surface area (Å²) in [6, 6.07) is 21.9. The molecule has 0 radical (unpaired) electrons. The third-order valence-corrected chi connectivity index (χ3v) is 8.33. The number of rotatable bonds is 2. The molecule has 27 heavy (non-hydrogen) atoms. The van der Waals surface area contributed by atoms with Crippen LogP contribution in [-0.4, -0.2) is 18.0 Å². The molecule has 3 aromatic carbocycles. The van der Waals surface area contributed by atoms with E-state index in [1.165, 1.54) is 30.7 Å². The molecular weight excluding hydrogens is 364 g/mol. The van der Waals surface area contributed by atoms with Crippen LogP contribution in [0, 0.1) is 0 Å². The van der Waals surface area contributed by atoms with E-state index in [1.54, 1.807) is 6.33 Å². The van der Waals surface area contributed by atoms with Gasteiger partial charge in [0.15, 0.2) is 0 Å². The average molecular weight is 385 g/mol. The maximum Gasteiger partial charge on any atom is 0.116 e. The second kappa shape index (κ2) is 5.97. The van der Waals surface area contributed by atoms with Crippen molar-refractivity contribution in [3.63, 3.8) is 0 Å². The topological polar surface area (TPSA) is 25.8 Å². The molecule has 0 spiro atoms. The Morgan fingerprint density at radius 2 is 1.63 bits per heavy atom. The lowest BCUT2D eigenvalue weighted by Crippen LogP contribution is -2.37. The first-order chi connectivity index (χ1) is 13.0. The molecule has 0 saturated heterocycles. The SMILES string of the molecule is C[Si](C)(C)c1ccc2c(c1)sc1c(-c3ccc4ccccc4c3)ncnc12. The number of aromatic nitrogens is 2. The Balaban J connectivity index is 1.76. The van der Waals surface area contributed by atoms with Crippen molar-refractivity contribution in [3.8, 4) is 11.3 Å². The largest absolute Gasteiger partial charge is 0.235 e. The normalized spacial score (nSPS) is 12.3. The molecule has 0 saturated carbocycles. The third kappa shape index (κ3) is 2.76. The summed E-state index contributed by atoms with van der Waals surface area (Å²) in [6.07, 6.45) is 1.70. The van der Waals surface area contributed by atoms with E-state index in [9.17, 15) is 0 Å². The Morgan fingerprint density at radius 1 is 0.815 bits per heavy atom. The number of hydrogen-bond acceptors (Lipinski definition) is 3. The quantitative estimate of drug-likeness (QED) is 0.338. The summed E-state index contributed by atoms with van der Waals surface area (Å²) in [4.78, 5) is 9.28. The van der Waals surface area contributed by atoms with Crippen LogP contribution < -0.4 is 5.19 Å². The highest BCUT2D eigenvalue weighted by Gasteiger charge is 2.19. The molecule has 2 aromatic heterocycles. The van der Waals surface area contributed by atoms with Gasteiger partial charge in [0.1, 0.15) is 6.33 Å². The van der Waals surface area contributed by atoms with Gasteiger partial charge in [0.25, 0.3) is 0 Å². The summed E-state index contributed by atoms with van der Waals surface area (Å²) in [7, 11) is -1.34. The summed E-state index contributed by atoms with van der Waals surface area (Å²) >= 11 is 1.82. The number of nitrogens with zero attached hydrogens (tertiary/aromatic N) is 2. The van der Waals surface area contributed by atoms with E-state index in [0.717, 1.165) is 16.8 Å². The van der Waals surface area contributed by atoms with E-state index in [-0.39, 0.29) is 0 Å². The molecule has 0 aliphatic heterocycles. The highest BCUT2D eigenvalue weighted by molar-refractivity contribution is 7.26. The molecule has 0 unspecified atom stereocenters. The maximum atomic E-state index is 4.66. The Morgan fingerprint density at radius 3 is 2.44 bits per heavy atom. The van der Waals surface area contributed by atoms with Gasteiger partial charge in [-0.2, -0.15) is 0 Å². The van der Waals surface area contributed by atoms with Gasteiger partial charge in [0, 0.05) is 15.6 Å². The monoisotopic (exact) mass is 384 g/mol. The van der Waals surface area contributed by atoms with Crippen molar-refractivity contribution in [2.24, 2.45) is 0 Å².